The Labute approximate surface area is 125 Å². The van der Waals surface area contributed by atoms with Crippen molar-refractivity contribution < 1.29 is 19.2 Å². The molecule has 1 fully saturated rings. The van der Waals surface area contributed by atoms with Gasteiger partial charge in [-0.25, -0.2) is 0 Å². The third kappa shape index (κ3) is 3.57. The van der Waals surface area contributed by atoms with E-state index in [1.807, 2.05) is 0 Å². The molecule has 1 aromatic rings. The highest BCUT2D eigenvalue weighted by Gasteiger charge is 2.30. The van der Waals surface area contributed by atoms with Crippen LogP contribution in [0.1, 0.15) is 35.4 Å². The Balaban J connectivity index is 2.19. The van der Waals surface area contributed by atoms with Crippen LogP contribution < -0.4 is 0 Å². The van der Waals surface area contributed by atoms with Crippen molar-refractivity contribution in [1.29, 1.82) is 0 Å². The fraction of sp³-hybridized carbons (Fsp3) is 0.538. The maximum Gasteiger partial charge on any atom is 0.325 e. The molecule has 0 bridgehead atoms. The number of nitrogens with zero attached hydrogens (tertiary/aromatic N) is 2. The van der Waals surface area contributed by atoms with Crippen LogP contribution in [0.25, 0.3) is 0 Å². The predicted molar refractivity (Wildman–Crippen MR) is 76.3 cm³/mol. The zero-order valence-corrected chi connectivity index (χ0v) is 12.4. The molecule has 0 aliphatic heterocycles. The number of thiophene rings is 1. The molecule has 0 aromatic carbocycles. The van der Waals surface area contributed by atoms with Gasteiger partial charge in [0.25, 0.3) is 5.91 Å². The second-order valence-corrected chi connectivity index (χ2v) is 5.90. The Hall–Kier alpha value is -1.96. The molecular formula is C13H16N2O5S. The van der Waals surface area contributed by atoms with E-state index in [4.69, 9.17) is 0 Å². The minimum Gasteiger partial charge on any atom is -0.468 e. The van der Waals surface area contributed by atoms with Gasteiger partial charge in [-0.2, -0.15) is 0 Å². The molecular weight excluding hydrogens is 296 g/mol. The van der Waals surface area contributed by atoms with E-state index in [9.17, 15) is 19.7 Å². The molecule has 1 heterocycles. The Bertz CT molecular complexity index is 551. The summed E-state index contributed by atoms with van der Waals surface area (Å²) in [6.45, 7) is -0.119. The van der Waals surface area contributed by atoms with Gasteiger partial charge in [0.2, 0.25) is 0 Å². The average Bonchev–Trinajstić information content (AvgIpc) is 3.14. The van der Waals surface area contributed by atoms with Crippen LogP contribution in [0.4, 0.5) is 5.00 Å². The van der Waals surface area contributed by atoms with Crippen molar-refractivity contribution in [2.45, 2.75) is 31.7 Å². The lowest BCUT2D eigenvalue weighted by molar-refractivity contribution is -0.380. The fourth-order valence-electron chi connectivity index (χ4n) is 2.47. The largest absolute Gasteiger partial charge is 0.468 e. The van der Waals surface area contributed by atoms with Gasteiger partial charge < -0.3 is 9.64 Å². The maximum atomic E-state index is 12.5. The second kappa shape index (κ2) is 6.66. The highest BCUT2D eigenvalue weighted by molar-refractivity contribution is 7.17. The normalized spacial score (nSPS) is 14.9. The molecule has 114 valence electrons. The number of esters is 1. The van der Waals surface area contributed by atoms with Gasteiger partial charge in [0.1, 0.15) is 6.54 Å². The SMILES string of the molecule is COC(=O)CN(C(=O)c1ccc([N+](=O)[O-])s1)C1CCCC1. The van der Waals surface area contributed by atoms with Gasteiger partial charge in [-0.05, 0) is 18.9 Å². The number of carbonyl (C=O) groups excluding carboxylic acids is 2. The van der Waals surface area contributed by atoms with E-state index < -0.39 is 10.9 Å². The van der Waals surface area contributed by atoms with Crippen LogP contribution in [0.3, 0.4) is 0 Å². The van der Waals surface area contributed by atoms with Crippen LogP contribution in [-0.2, 0) is 9.53 Å². The topological polar surface area (TPSA) is 89.8 Å². The first-order chi connectivity index (χ1) is 10.0. The Morgan fingerprint density at radius 3 is 2.62 bits per heavy atom. The Kier molecular flexibility index (Phi) is 4.89. The van der Waals surface area contributed by atoms with Gasteiger partial charge in [-0.1, -0.05) is 24.2 Å². The highest BCUT2D eigenvalue weighted by atomic mass is 32.1. The van der Waals surface area contributed by atoms with E-state index in [2.05, 4.69) is 4.74 Å². The third-order valence-electron chi connectivity index (χ3n) is 3.54. The summed E-state index contributed by atoms with van der Waals surface area (Å²) in [5.41, 5.74) is 0. The van der Waals surface area contributed by atoms with Crippen LogP contribution in [0.2, 0.25) is 0 Å². The number of methoxy groups -OCH3 is 1. The lowest BCUT2D eigenvalue weighted by atomic mass is 10.2. The molecule has 1 saturated carbocycles. The molecule has 0 saturated heterocycles. The standard InChI is InChI=1S/C13H16N2O5S/c1-20-12(16)8-14(9-4-2-3-5-9)13(17)10-6-7-11(21-10)15(18)19/h6-7,9H,2-5,8H2,1H3. The smallest absolute Gasteiger partial charge is 0.325 e. The van der Waals surface area contributed by atoms with E-state index in [0.29, 0.717) is 0 Å². The van der Waals surface area contributed by atoms with Crippen molar-refractivity contribution in [3.05, 3.63) is 27.1 Å². The number of amides is 1. The third-order valence-corrected chi connectivity index (χ3v) is 4.56. The molecule has 1 aliphatic rings. The van der Waals surface area contributed by atoms with E-state index in [-0.39, 0.29) is 28.4 Å². The van der Waals surface area contributed by atoms with Crippen molar-refractivity contribution in [3.63, 3.8) is 0 Å². The fourth-order valence-corrected chi connectivity index (χ4v) is 3.25. The molecule has 7 nitrogen and oxygen atoms in total. The summed E-state index contributed by atoms with van der Waals surface area (Å²) >= 11 is 0.828. The monoisotopic (exact) mass is 312 g/mol. The van der Waals surface area contributed by atoms with E-state index >= 15 is 0 Å². The maximum absolute atomic E-state index is 12.5. The minimum atomic E-state index is -0.526. The van der Waals surface area contributed by atoms with Gasteiger partial charge in [0.15, 0.2) is 0 Å². The predicted octanol–water partition coefficient (Wildman–Crippen LogP) is 2.21. The van der Waals surface area contributed by atoms with Crippen molar-refractivity contribution >= 4 is 28.2 Å². The first-order valence-corrected chi connectivity index (χ1v) is 7.46. The average molecular weight is 312 g/mol. The van der Waals surface area contributed by atoms with Crippen LogP contribution in [-0.4, -0.2) is 41.4 Å². The zero-order chi connectivity index (χ0) is 15.4. The van der Waals surface area contributed by atoms with Crippen molar-refractivity contribution in [2.24, 2.45) is 0 Å². The number of carbonyl (C=O) groups is 2. The van der Waals surface area contributed by atoms with Crippen LogP contribution >= 0.6 is 11.3 Å². The van der Waals surface area contributed by atoms with Gasteiger partial charge in [0.05, 0.1) is 16.9 Å². The summed E-state index contributed by atoms with van der Waals surface area (Å²) in [5, 5.41) is 10.6. The van der Waals surface area contributed by atoms with Crippen LogP contribution in [0.5, 0.6) is 0 Å². The molecule has 2 rings (SSSR count). The molecule has 8 heteroatoms. The van der Waals surface area contributed by atoms with Crippen LogP contribution in [0, 0.1) is 10.1 Å². The van der Waals surface area contributed by atoms with Gasteiger partial charge in [-0.15, -0.1) is 0 Å². The second-order valence-electron chi connectivity index (χ2n) is 4.84. The first-order valence-electron chi connectivity index (χ1n) is 6.65. The van der Waals surface area contributed by atoms with E-state index in [1.54, 1.807) is 0 Å². The lowest BCUT2D eigenvalue weighted by Crippen LogP contribution is -2.42. The molecule has 0 atom stereocenters. The van der Waals surface area contributed by atoms with Crippen molar-refractivity contribution in [3.8, 4) is 0 Å². The highest BCUT2D eigenvalue weighted by Crippen LogP contribution is 2.29. The minimum absolute atomic E-state index is 0.00208. The van der Waals surface area contributed by atoms with Gasteiger partial charge in [0, 0.05) is 12.1 Å². The van der Waals surface area contributed by atoms with E-state index in [1.165, 1.54) is 24.1 Å². The quantitative estimate of drug-likeness (QED) is 0.472. The van der Waals surface area contributed by atoms with Gasteiger partial charge >= 0.3 is 11.0 Å². The molecule has 0 radical (unpaired) electrons. The summed E-state index contributed by atoms with van der Waals surface area (Å²) in [6, 6.07) is 2.74. The van der Waals surface area contributed by atoms with Gasteiger partial charge in [-0.3, -0.25) is 19.7 Å². The van der Waals surface area contributed by atoms with Crippen molar-refractivity contribution in [2.75, 3.05) is 13.7 Å². The first kappa shape index (κ1) is 15.4. The molecule has 1 aliphatic carbocycles. The molecule has 1 amide bonds. The van der Waals surface area contributed by atoms with Crippen LogP contribution in [0.15, 0.2) is 12.1 Å². The molecule has 0 unspecified atom stereocenters. The molecule has 21 heavy (non-hydrogen) atoms. The number of hydrogen-bond donors (Lipinski definition) is 0. The van der Waals surface area contributed by atoms with E-state index in [0.717, 1.165) is 37.0 Å². The molecule has 0 N–H and O–H groups in total. The number of ether oxygens (including phenoxy) is 1. The summed E-state index contributed by atoms with van der Waals surface area (Å²) in [7, 11) is 1.27. The number of nitro groups is 1. The zero-order valence-electron chi connectivity index (χ0n) is 11.6. The summed E-state index contributed by atoms with van der Waals surface area (Å²) in [4.78, 5) is 36.0. The Morgan fingerprint density at radius 1 is 1.43 bits per heavy atom. The molecule has 1 aromatic heterocycles. The summed E-state index contributed by atoms with van der Waals surface area (Å²) in [6.07, 6.45) is 3.72. The Morgan fingerprint density at radius 2 is 2.10 bits per heavy atom. The summed E-state index contributed by atoms with van der Waals surface area (Å²) < 4.78 is 4.63. The summed E-state index contributed by atoms with van der Waals surface area (Å²) in [5.74, 6) is -0.827. The van der Waals surface area contributed by atoms with Crippen molar-refractivity contribution in [1.82, 2.24) is 4.90 Å². The number of rotatable bonds is 5. The molecule has 0 spiro atoms. The number of hydrogen-bond acceptors (Lipinski definition) is 6. The lowest BCUT2D eigenvalue weighted by Gasteiger charge is -2.27.